The summed E-state index contributed by atoms with van der Waals surface area (Å²) >= 11 is 1.13. The van der Waals surface area contributed by atoms with Gasteiger partial charge in [0.1, 0.15) is 11.4 Å². The first-order chi connectivity index (χ1) is 10.0. The lowest BCUT2D eigenvalue weighted by Gasteiger charge is -1.94. The highest BCUT2D eigenvalue weighted by atomic mass is 32.1. The third-order valence-corrected chi connectivity index (χ3v) is 3.53. The fourth-order valence-corrected chi connectivity index (χ4v) is 2.50. The number of aromatic amines is 2. The number of thiazole rings is 1. The Balaban J connectivity index is 2.02. The van der Waals surface area contributed by atoms with Gasteiger partial charge in [-0.05, 0) is 18.2 Å². The summed E-state index contributed by atoms with van der Waals surface area (Å²) in [4.78, 5) is 34.5. The monoisotopic (exact) mass is 306 g/mol. The van der Waals surface area contributed by atoms with Crippen LogP contribution in [-0.2, 0) is 0 Å². The summed E-state index contributed by atoms with van der Waals surface area (Å²) in [6.07, 6.45) is 1.08. The van der Waals surface area contributed by atoms with Crippen LogP contribution in [0.5, 0.6) is 5.88 Å². The van der Waals surface area contributed by atoms with E-state index in [4.69, 9.17) is 0 Å². The number of hydrogen-bond donors (Lipinski definition) is 3. The maximum Gasteiger partial charge on any atom is 0.328 e. The molecule has 0 bridgehead atoms. The summed E-state index contributed by atoms with van der Waals surface area (Å²) in [5.74, 6) is -0.962. The van der Waals surface area contributed by atoms with Crippen molar-refractivity contribution in [3.8, 4) is 5.88 Å². The number of aromatic nitrogens is 3. The Morgan fingerprint density at radius 2 is 2.14 bits per heavy atom. The lowest BCUT2D eigenvalue weighted by atomic mass is 10.3. The molecule has 0 amide bonds. The number of aliphatic imine (C=N–C) groups is 1. The van der Waals surface area contributed by atoms with Gasteiger partial charge < -0.3 is 5.11 Å². The van der Waals surface area contributed by atoms with Gasteiger partial charge in [-0.3, -0.25) is 14.8 Å². The van der Waals surface area contributed by atoms with Crippen LogP contribution in [0.25, 0.3) is 10.2 Å². The molecule has 1 aromatic carbocycles. The second kappa shape index (κ2) is 4.94. The molecule has 0 unspecified atom stereocenters. The molecule has 2 heterocycles. The van der Waals surface area contributed by atoms with Gasteiger partial charge in [0.2, 0.25) is 11.0 Å². The van der Waals surface area contributed by atoms with E-state index in [1.807, 2.05) is 9.97 Å². The zero-order valence-electron chi connectivity index (χ0n) is 10.3. The van der Waals surface area contributed by atoms with E-state index in [1.165, 1.54) is 18.2 Å². The first kappa shape index (κ1) is 13.2. The summed E-state index contributed by atoms with van der Waals surface area (Å²) in [6, 6.07) is 4.13. The second-order valence-corrected chi connectivity index (χ2v) is 5.05. The molecule has 0 aliphatic rings. The third-order valence-electron chi connectivity index (χ3n) is 2.60. The Bertz CT molecular complexity index is 973. The molecule has 3 aromatic rings. The van der Waals surface area contributed by atoms with Crippen molar-refractivity contribution in [1.82, 2.24) is 15.0 Å². The molecule has 21 heavy (non-hydrogen) atoms. The van der Waals surface area contributed by atoms with E-state index in [-0.39, 0.29) is 11.4 Å². The number of rotatable bonds is 2. The Labute approximate surface area is 119 Å². The highest BCUT2D eigenvalue weighted by Crippen LogP contribution is 2.28. The number of H-pyrrole nitrogens is 2. The molecule has 0 aliphatic heterocycles. The van der Waals surface area contributed by atoms with Crippen LogP contribution in [0.3, 0.4) is 0 Å². The topological polar surface area (TPSA) is 111 Å². The zero-order valence-corrected chi connectivity index (χ0v) is 11.1. The first-order valence-corrected chi connectivity index (χ1v) is 6.50. The van der Waals surface area contributed by atoms with E-state index in [0.717, 1.165) is 17.6 Å². The maximum atomic E-state index is 13.1. The van der Waals surface area contributed by atoms with Crippen molar-refractivity contribution in [2.45, 2.75) is 0 Å². The minimum atomic E-state index is -0.815. The van der Waals surface area contributed by atoms with E-state index >= 15 is 0 Å². The highest BCUT2D eigenvalue weighted by Gasteiger charge is 2.07. The average Bonchev–Trinajstić information content (AvgIpc) is 2.79. The van der Waals surface area contributed by atoms with Crippen molar-refractivity contribution in [3.05, 3.63) is 50.4 Å². The summed E-state index contributed by atoms with van der Waals surface area (Å²) in [5.41, 5.74) is -1.20. The Hall–Kier alpha value is -2.81. The predicted octanol–water partition coefficient (Wildman–Crippen LogP) is 1.27. The molecular formula is C12H7FN4O3S. The van der Waals surface area contributed by atoms with Gasteiger partial charge in [-0.25, -0.2) is 19.2 Å². The minimum Gasteiger partial charge on any atom is -0.494 e. The van der Waals surface area contributed by atoms with Crippen molar-refractivity contribution in [1.29, 1.82) is 0 Å². The standard InChI is InChI=1S/C12H7FN4O3S/c13-5-1-2-7-8(3-5)21-12(15-7)14-4-6-9(18)16-11(20)17-10(6)19/h1-4H,(H3,16,17,18,19,20). The molecule has 3 N–H and O–H groups in total. The molecule has 9 heteroatoms. The van der Waals surface area contributed by atoms with Gasteiger partial charge in [-0.2, -0.15) is 0 Å². The van der Waals surface area contributed by atoms with Crippen LogP contribution in [0.2, 0.25) is 0 Å². The van der Waals surface area contributed by atoms with Gasteiger partial charge in [-0.15, -0.1) is 0 Å². The van der Waals surface area contributed by atoms with E-state index in [9.17, 15) is 19.1 Å². The molecule has 0 spiro atoms. The van der Waals surface area contributed by atoms with Crippen molar-refractivity contribution in [2.75, 3.05) is 0 Å². The van der Waals surface area contributed by atoms with Crippen LogP contribution >= 0.6 is 11.3 Å². The van der Waals surface area contributed by atoms with Gasteiger partial charge >= 0.3 is 5.69 Å². The Morgan fingerprint density at radius 1 is 1.33 bits per heavy atom. The van der Waals surface area contributed by atoms with E-state index in [2.05, 4.69) is 9.98 Å². The first-order valence-electron chi connectivity index (χ1n) is 5.68. The largest absolute Gasteiger partial charge is 0.494 e. The summed E-state index contributed by atoms with van der Waals surface area (Å²) in [7, 11) is 0. The van der Waals surface area contributed by atoms with Gasteiger partial charge in [0.25, 0.3) is 5.56 Å². The van der Waals surface area contributed by atoms with Crippen LogP contribution in [0.4, 0.5) is 9.52 Å². The quantitative estimate of drug-likeness (QED) is 0.619. The number of fused-ring (bicyclic) bond motifs is 1. The molecule has 0 saturated carbocycles. The Kier molecular flexibility index (Phi) is 3.10. The minimum absolute atomic E-state index is 0.194. The molecule has 0 atom stereocenters. The number of benzene rings is 1. The zero-order chi connectivity index (χ0) is 15.0. The molecule has 3 rings (SSSR count). The van der Waals surface area contributed by atoms with E-state index < -0.39 is 17.1 Å². The summed E-state index contributed by atoms with van der Waals surface area (Å²) < 4.78 is 13.7. The number of hydrogen-bond acceptors (Lipinski definition) is 6. The van der Waals surface area contributed by atoms with E-state index in [0.29, 0.717) is 15.3 Å². The van der Waals surface area contributed by atoms with E-state index in [1.54, 1.807) is 0 Å². The lowest BCUT2D eigenvalue weighted by molar-refractivity contribution is 0.447. The Morgan fingerprint density at radius 3 is 2.90 bits per heavy atom. The normalized spacial score (nSPS) is 11.5. The molecule has 2 aromatic heterocycles. The van der Waals surface area contributed by atoms with Crippen LogP contribution in [0.1, 0.15) is 5.56 Å². The van der Waals surface area contributed by atoms with Gasteiger partial charge in [0.15, 0.2) is 0 Å². The van der Waals surface area contributed by atoms with Crippen LogP contribution in [0.15, 0.2) is 32.8 Å². The number of aromatic hydroxyl groups is 1. The van der Waals surface area contributed by atoms with Gasteiger partial charge in [0, 0.05) is 6.21 Å². The number of nitrogens with zero attached hydrogens (tertiary/aromatic N) is 2. The molecule has 7 nitrogen and oxygen atoms in total. The van der Waals surface area contributed by atoms with Crippen molar-refractivity contribution >= 4 is 32.9 Å². The van der Waals surface area contributed by atoms with Crippen molar-refractivity contribution < 1.29 is 9.50 Å². The van der Waals surface area contributed by atoms with Crippen LogP contribution in [0, 0.1) is 5.82 Å². The predicted molar refractivity (Wildman–Crippen MR) is 76.2 cm³/mol. The number of nitrogens with one attached hydrogen (secondary N) is 2. The van der Waals surface area contributed by atoms with Crippen LogP contribution < -0.4 is 11.2 Å². The molecule has 0 aliphatic carbocycles. The highest BCUT2D eigenvalue weighted by molar-refractivity contribution is 7.22. The molecule has 106 valence electrons. The summed E-state index contributed by atoms with van der Waals surface area (Å²) in [5, 5.41) is 9.79. The summed E-state index contributed by atoms with van der Waals surface area (Å²) in [6.45, 7) is 0. The lowest BCUT2D eigenvalue weighted by Crippen LogP contribution is -2.24. The molecular weight excluding hydrogens is 299 g/mol. The van der Waals surface area contributed by atoms with Crippen molar-refractivity contribution in [2.24, 2.45) is 4.99 Å². The SMILES string of the molecule is O=c1[nH]c(O)c(C=Nc2nc3ccc(F)cc3s2)c(=O)[nH]1. The van der Waals surface area contributed by atoms with Crippen molar-refractivity contribution in [3.63, 3.8) is 0 Å². The fraction of sp³-hybridized carbons (Fsp3) is 0. The third kappa shape index (κ3) is 2.58. The second-order valence-electron chi connectivity index (χ2n) is 4.04. The van der Waals surface area contributed by atoms with Gasteiger partial charge in [0.05, 0.1) is 10.2 Å². The number of halogens is 1. The molecule has 0 saturated heterocycles. The van der Waals surface area contributed by atoms with Crippen LogP contribution in [-0.4, -0.2) is 26.3 Å². The smallest absolute Gasteiger partial charge is 0.328 e. The maximum absolute atomic E-state index is 13.1. The molecule has 0 fully saturated rings. The molecule has 0 radical (unpaired) electrons. The average molecular weight is 306 g/mol. The van der Waals surface area contributed by atoms with Gasteiger partial charge in [-0.1, -0.05) is 11.3 Å². The fourth-order valence-electron chi connectivity index (χ4n) is 1.67.